The molecule has 4 heteroatoms. The van der Waals surface area contributed by atoms with Crippen molar-refractivity contribution in [1.29, 1.82) is 0 Å². The second kappa shape index (κ2) is 7.94. The molecule has 0 unspecified atom stereocenters. The number of ketones is 1. The number of pyridine rings is 1. The van der Waals surface area contributed by atoms with Gasteiger partial charge in [0.15, 0.2) is 0 Å². The minimum Gasteiger partial charge on any atom is -0.512 e. The van der Waals surface area contributed by atoms with Crippen LogP contribution in [0.15, 0.2) is 60.0 Å². The molecule has 5 rings (SSSR count). The summed E-state index contributed by atoms with van der Waals surface area (Å²) in [5.41, 5.74) is 4.48. The van der Waals surface area contributed by atoms with Crippen LogP contribution in [0.3, 0.4) is 0 Å². The summed E-state index contributed by atoms with van der Waals surface area (Å²) in [6.45, 7) is 9.36. The molecule has 155 valence electrons. The van der Waals surface area contributed by atoms with Crippen LogP contribution in [0.25, 0.3) is 32.4 Å². The van der Waals surface area contributed by atoms with Gasteiger partial charge in [-0.05, 0) is 52.6 Å². The van der Waals surface area contributed by atoms with E-state index in [-0.39, 0.29) is 37.1 Å². The maximum absolute atomic E-state index is 8.69. The number of allylic oxidation sites excluding steroid dienone is 2. The molecule has 4 aromatic rings. The third-order valence-corrected chi connectivity index (χ3v) is 6.08. The van der Waals surface area contributed by atoms with Crippen molar-refractivity contribution in [2.45, 2.75) is 40.0 Å². The summed E-state index contributed by atoms with van der Waals surface area (Å²) in [7, 11) is 0. The molecule has 0 aliphatic heterocycles. The van der Waals surface area contributed by atoms with Gasteiger partial charge in [-0.3, -0.25) is 4.79 Å². The van der Waals surface area contributed by atoms with E-state index in [9.17, 15) is 0 Å². The molecule has 1 aliphatic carbocycles. The first-order valence-electron chi connectivity index (χ1n) is 9.79. The van der Waals surface area contributed by atoms with Crippen molar-refractivity contribution in [3.63, 3.8) is 0 Å². The second-order valence-electron chi connectivity index (χ2n) is 8.19. The van der Waals surface area contributed by atoms with E-state index in [0.717, 1.165) is 10.9 Å². The standard InChI is InChI=1S/C20H14N.C6H10O2.Ir/c1-20(2)15-9-3-6-12-13-8-5-11-21-19(13)14-7-4-10-16(20)18(14)17(12)15;1-4(5(2)7)6(3)8;/h3-6,8-11H,1-2H3;7H,1-3H3;/q-1;;/p+1/b;5-4-;. The molecule has 0 atom stereocenters. The summed E-state index contributed by atoms with van der Waals surface area (Å²) in [5.74, 6) is 0.343. The molecular weight excluding hydrogens is 551 g/mol. The van der Waals surface area contributed by atoms with E-state index >= 15 is 0 Å². The molecule has 1 radical (unpaired) electrons. The molecule has 0 saturated heterocycles. The number of nitrogens with zero attached hydrogens (tertiary/aromatic N) is 1. The van der Waals surface area contributed by atoms with Crippen LogP contribution in [0.2, 0.25) is 0 Å². The average molecular weight is 576 g/mol. The van der Waals surface area contributed by atoms with Crippen LogP contribution in [-0.2, 0) is 25.5 Å². The number of hydrogen-bond acceptors (Lipinski definition) is 2. The first-order chi connectivity index (χ1) is 13.7. The average Bonchev–Trinajstić information content (AvgIpc) is 2.95. The Hall–Kier alpha value is -2.55. The zero-order valence-electron chi connectivity index (χ0n) is 17.8. The topological polar surface area (TPSA) is 54.5 Å². The molecule has 0 bridgehead atoms. The molecule has 1 aromatic heterocycles. The van der Waals surface area contributed by atoms with Crippen LogP contribution in [0.5, 0.6) is 0 Å². The van der Waals surface area contributed by atoms with Gasteiger partial charge in [0, 0.05) is 26.3 Å². The Bertz CT molecular complexity index is 1250. The van der Waals surface area contributed by atoms with Crippen molar-refractivity contribution in [2.24, 2.45) is 0 Å². The molecule has 1 aliphatic rings. The van der Waals surface area contributed by atoms with Crippen LogP contribution < -0.4 is 0 Å². The zero-order valence-corrected chi connectivity index (χ0v) is 20.2. The SMILES string of the molecule is CC(=[OH+])/C(C)=C(/C)O.CC1(C)c2cc[c-]c3c4ncccc4c4cccc1c4c23.[Ir]. The van der Waals surface area contributed by atoms with Crippen LogP contribution in [0.1, 0.15) is 45.7 Å². The molecule has 0 fully saturated rings. The number of rotatable bonds is 1. The van der Waals surface area contributed by atoms with E-state index in [1.165, 1.54) is 46.5 Å². The molecule has 0 saturated carbocycles. The van der Waals surface area contributed by atoms with Crippen molar-refractivity contribution >= 4 is 38.2 Å². The van der Waals surface area contributed by atoms with Crippen molar-refractivity contribution in [1.82, 2.24) is 4.98 Å². The maximum Gasteiger partial charge on any atom is 0.319 e. The second-order valence-corrected chi connectivity index (χ2v) is 8.19. The number of hydrogen-bond donors (Lipinski definition) is 1. The van der Waals surface area contributed by atoms with Crippen LogP contribution in [-0.4, -0.2) is 20.7 Å². The summed E-state index contributed by atoms with van der Waals surface area (Å²) in [5, 5.41) is 15.1. The van der Waals surface area contributed by atoms with Gasteiger partial charge in [0.05, 0.1) is 12.5 Å². The van der Waals surface area contributed by atoms with Crippen LogP contribution >= 0.6 is 0 Å². The largest absolute Gasteiger partial charge is 0.512 e. The van der Waals surface area contributed by atoms with Gasteiger partial charge < -0.3 is 10.1 Å². The molecule has 1 heterocycles. The first-order valence-corrected chi connectivity index (χ1v) is 9.79. The van der Waals surface area contributed by atoms with E-state index in [0.29, 0.717) is 5.57 Å². The monoisotopic (exact) mass is 576 g/mol. The van der Waals surface area contributed by atoms with Gasteiger partial charge in [-0.25, -0.2) is 0 Å². The number of aromatic nitrogens is 1. The van der Waals surface area contributed by atoms with E-state index < -0.39 is 0 Å². The van der Waals surface area contributed by atoms with Gasteiger partial charge in [0.25, 0.3) is 0 Å². The van der Waals surface area contributed by atoms with Gasteiger partial charge in [0.1, 0.15) is 5.76 Å². The van der Waals surface area contributed by atoms with Gasteiger partial charge >= 0.3 is 5.78 Å². The van der Waals surface area contributed by atoms with E-state index in [2.05, 4.69) is 55.2 Å². The maximum atomic E-state index is 8.69. The fourth-order valence-corrected chi connectivity index (χ4v) is 4.26. The van der Waals surface area contributed by atoms with Crippen molar-refractivity contribution in [3.05, 3.63) is 77.2 Å². The van der Waals surface area contributed by atoms with E-state index in [1.807, 2.05) is 18.3 Å². The van der Waals surface area contributed by atoms with Crippen molar-refractivity contribution in [3.8, 4) is 0 Å². The molecule has 2 N–H and O–H groups in total. The van der Waals surface area contributed by atoms with E-state index in [4.69, 9.17) is 9.90 Å². The van der Waals surface area contributed by atoms with Crippen LogP contribution in [0.4, 0.5) is 0 Å². The predicted octanol–water partition coefficient (Wildman–Crippen LogP) is 6.38. The Balaban J connectivity index is 0.000000248. The Morgan fingerprint density at radius 3 is 2.27 bits per heavy atom. The number of benzene rings is 3. The smallest absolute Gasteiger partial charge is 0.319 e. The summed E-state index contributed by atoms with van der Waals surface area (Å²) >= 11 is 0. The zero-order chi connectivity index (χ0) is 20.9. The van der Waals surface area contributed by atoms with Crippen LogP contribution in [0, 0.1) is 6.07 Å². The fourth-order valence-electron chi connectivity index (χ4n) is 4.26. The van der Waals surface area contributed by atoms with Gasteiger partial charge in [-0.2, -0.15) is 0 Å². The van der Waals surface area contributed by atoms with E-state index in [1.54, 1.807) is 6.92 Å². The Morgan fingerprint density at radius 1 is 0.967 bits per heavy atom. The quantitative estimate of drug-likeness (QED) is 0.0942. The Morgan fingerprint density at radius 2 is 1.63 bits per heavy atom. The molecule has 3 aromatic carbocycles. The normalized spacial score (nSPS) is 14.3. The summed E-state index contributed by atoms with van der Waals surface area (Å²) in [6.07, 6.45) is 1.88. The predicted molar refractivity (Wildman–Crippen MR) is 121 cm³/mol. The molecular formula is C26H25IrNO2. The number of aliphatic hydroxyl groups excluding tert-OH is 1. The molecule has 30 heavy (non-hydrogen) atoms. The van der Waals surface area contributed by atoms with Gasteiger partial charge in [-0.15, -0.1) is 29.1 Å². The minimum atomic E-state index is 0. The van der Waals surface area contributed by atoms with Crippen molar-refractivity contribution < 1.29 is 30.0 Å². The fraction of sp³-hybridized carbons (Fsp3) is 0.231. The molecule has 0 amide bonds. The number of carbonyl (C=O) groups excluding carboxylic acids is 1. The molecule has 0 spiro atoms. The third-order valence-electron chi connectivity index (χ3n) is 6.08. The minimum absolute atomic E-state index is 0. The van der Waals surface area contributed by atoms with Crippen molar-refractivity contribution in [2.75, 3.05) is 0 Å². The summed E-state index contributed by atoms with van der Waals surface area (Å²) in [6, 6.07) is 18.6. The summed E-state index contributed by atoms with van der Waals surface area (Å²) < 4.78 is 0. The summed E-state index contributed by atoms with van der Waals surface area (Å²) in [4.78, 5) is 13.3. The Kier molecular flexibility index (Phi) is 5.86. The number of aliphatic hydroxyl groups is 1. The van der Waals surface area contributed by atoms with Gasteiger partial charge in [0.2, 0.25) is 0 Å². The third kappa shape index (κ3) is 3.25. The first kappa shape index (κ1) is 22.1. The molecule has 3 nitrogen and oxygen atoms in total. The van der Waals surface area contributed by atoms with Gasteiger partial charge in [-0.1, -0.05) is 43.5 Å². The Labute approximate surface area is 190 Å². The number of fused-ring (bicyclic) bond motifs is 3.